The van der Waals surface area contributed by atoms with Gasteiger partial charge in [0.25, 0.3) is 0 Å². The minimum Gasteiger partial charge on any atom is -0.469 e. The van der Waals surface area contributed by atoms with Gasteiger partial charge in [-0.15, -0.1) is 0 Å². The summed E-state index contributed by atoms with van der Waals surface area (Å²) >= 11 is 6.79. The second kappa shape index (κ2) is 5.67. The lowest BCUT2D eigenvalue weighted by atomic mass is 10.2. The number of anilines is 1. The van der Waals surface area contributed by atoms with Gasteiger partial charge in [0.15, 0.2) is 0 Å². The van der Waals surface area contributed by atoms with E-state index in [1.807, 2.05) is 4.90 Å². The van der Waals surface area contributed by atoms with Crippen molar-refractivity contribution in [2.75, 3.05) is 17.8 Å². The van der Waals surface area contributed by atoms with Gasteiger partial charge in [0, 0.05) is 11.4 Å². The van der Waals surface area contributed by atoms with E-state index < -0.39 is 0 Å². The van der Waals surface area contributed by atoms with Gasteiger partial charge in [-0.05, 0) is 24.3 Å². The standard InChI is InChI=1S/C12H12FNO2S2/c1-16-11(15)6-10-7-18-12(17)14(10)9-4-2-8(13)3-5-9/h2-5,10H,6-7H2,1H3. The molecule has 0 bridgehead atoms. The van der Waals surface area contributed by atoms with Crippen molar-refractivity contribution in [1.82, 2.24) is 0 Å². The molecule has 0 aromatic heterocycles. The summed E-state index contributed by atoms with van der Waals surface area (Å²) in [6.45, 7) is 0. The van der Waals surface area contributed by atoms with Crippen LogP contribution in [0.1, 0.15) is 6.42 Å². The molecule has 0 aliphatic carbocycles. The minimum atomic E-state index is -0.291. The largest absolute Gasteiger partial charge is 0.469 e. The van der Waals surface area contributed by atoms with E-state index in [-0.39, 0.29) is 24.2 Å². The van der Waals surface area contributed by atoms with E-state index in [0.29, 0.717) is 4.32 Å². The second-order valence-electron chi connectivity index (χ2n) is 3.86. The Morgan fingerprint density at radius 1 is 1.56 bits per heavy atom. The number of rotatable bonds is 3. The number of hydrogen-bond donors (Lipinski definition) is 0. The fourth-order valence-corrected chi connectivity index (χ4v) is 3.26. The summed E-state index contributed by atoms with van der Waals surface area (Å²) in [4.78, 5) is 13.2. The highest BCUT2D eigenvalue weighted by Gasteiger charge is 2.32. The molecule has 2 rings (SSSR count). The van der Waals surface area contributed by atoms with Crippen molar-refractivity contribution in [1.29, 1.82) is 0 Å². The van der Waals surface area contributed by atoms with Gasteiger partial charge in [-0.2, -0.15) is 0 Å². The molecule has 1 unspecified atom stereocenters. The van der Waals surface area contributed by atoms with Gasteiger partial charge < -0.3 is 9.64 Å². The van der Waals surface area contributed by atoms with Crippen LogP contribution in [-0.2, 0) is 9.53 Å². The summed E-state index contributed by atoms with van der Waals surface area (Å²) in [6, 6.07) is 6.07. The Morgan fingerprint density at radius 3 is 2.83 bits per heavy atom. The molecule has 18 heavy (non-hydrogen) atoms. The molecule has 1 heterocycles. The third-order valence-corrected chi connectivity index (χ3v) is 4.24. The predicted molar refractivity (Wildman–Crippen MR) is 74.4 cm³/mol. The Hall–Kier alpha value is -1.14. The van der Waals surface area contributed by atoms with Crippen LogP contribution in [-0.4, -0.2) is 29.2 Å². The van der Waals surface area contributed by atoms with Crippen LogP contribution in [0.25, 0.3) is 0 Å². The number of methoxy groups -OCH3 is 1. The van der Waals surface area contributed by atoms with Crippen LogP contribution in [0, 0.1) is 5.82 Å². The van der Waals surface area contributed by atoms with Crippen molar-refractivity contribution in [3.05, 3.63) is 30.1 Å². The minimum absolute atomic E-state index is 0.0274. The molecule has 6 heteroatoms. The maximum absolute atomic E-state index is 12.9. The predicted octanol–water partition coefficient (Wildman–Crippen LogP) is 2.60. The number of hydrogen-bond acceptors (Lipinski definition) is 4. The molecule has 0 N–H and O–H groups in total. The van der Waals surface area contributed by atoms with E-state index in [0.717, 1.165) is 11.4 Å². The van der Waals surface area contributed by atoms with E-state index in [4.69, 9.17) is 12.2 Å². The highest BCUT2D eigenvalue weighted by molar-refractivity contribution is 8.23. The highest BCUT2D eigenvalue weighted by Crippen LogP contribution is 2.32. The molecule has 0 amide bonds. The van der Waals surface area contributed by atoms with E-state index in [9.17, 15) is 9.18 Å². The van der Waals surface area contributed by atoms with Crippen molar-refractivity contribution in [2.45, 2.75) is 12.5 Å². The number of nitrogens with zero attached hydrogens (tertiary/aromatic N) is 1. The monoisotopic (exact) mass is 285 g/mol. The smallest absolute Gasteiger partial charge is 0.307 e. The Kier molecular flexibility index (Phi) is 4.19. The van der Waals surface area contributed by atoms with E-state index in [1.165, 1.54) is 31.0 Å². The molecule has 96 valence electrons. The summed E-state index contributed by atoms with van der Waals surface area (Å²) in [5, 5.41) is 0. The first-order valence-corrected chi connectivity index (χ1v) is 6.79. The van der Waals surface area contributed by atoms with Crippen LogP contribution in [0.3, 0.4) is 0 Å². The van der Waals surface area contributed by atoms with Gasteiger partial charge in [-0.1, -0.05) is 24.0 Å². The van der Waals surface area contributed by atoms with Crippen molar-refractivity contribution in [3.63, 3.8) is 0 Å². The first kappa shape index (κ1) is 13.3. The number of thiocarbonyl (C=S) groups is 1. The van der Waals surface area contributed by atoms with Crippen molar-refractivity contribution >= 4 is 40.0 Å². The summed E-state index contributed by atoms with van der Waals surface area (Å²) in [6.07, 6.45) is 0.279. The Morgan fingerprint density at radius 2 is 2.22 bits per heavy atom. The molecule has 1 aromatic carbocycles. The lowest BCUT2D eigenvalue weighted by molar-refractivity contribution is -0.140. The van der Waals surface area contributed by atoms with Crippen LogP contribution in [0.5, 0.6) is 0 Å². The first-order chi connectivity index (χ1) is 8.61. The molecule has 0 spiro atoms. The number of thioether (sulfide) groups is 1. The van der Waals surface area contributed by atoms with Crippen LogP contribution in [0.15, 0.2) is 24.3 Å². The molecule has 3 nitrogen and oxygen atoms in total. The average molecular weight is 285 g/mol. The molecule has 0 radical (unpaired) electrons. The lowest BCUT2D eigenvalue weighted by Gasteiger charge is -2.24. The van der Waals surface area contributed by atoms with E-state index >= 15 is 0 Å². The fraction of sp³-hybridized carbons (Fsp3) is 0.333. The average Bonchev–Trinajstić information content (AvgIpc) is 2.72. The molecule has 1 fully saturated rings. The zero-order chi connectivity index (χ0) is 13.1. The van der Waals surface area contributed by atoms with Crippen molar-refractivity contribution in [3.8, 4) is 0 Å². The zero-order valence-corrected chi connectivity index (χ0v) is 11.4. The van der Waals surface area contributed by atoms with Gasteiger partial charge in [0.2, 0.25) is 0 Å². The highest BCUT2D eigenvalue weighted by atomic mass is 32.2. The lowest BCUT2D eigenvalue weighted by Crippen LogP contribution is -2.35. The molecule has 1 atom stereocenters. The maximum atomic E-state index is 12.9. The molecular weight excluding hydrogens is 273 g/mol. The topological polar surface area (TPSA) is 29.5 Å². The Bertz CT molecular complexity index is 464. The summed E-state index contributed by atoms with van der Waals surface area (Å²) in [5.41, 5.74) is 0.806. The molecule has 0 saturated carbocycles. The molecule has 1 aliphatic heterocycles. The van der Waals surface area contributed by atoms with Crippen molar-refractivity contribution in [2.24, 2.45) is 0 Å². The zero-order valence-electron chi connectivity index (χ0n) is 9.76. The second-order valence-corrected chi connectivity index (χ2v) is 5.51. The SMILES string of the molecule is COC(=O)CC1CSC(=S)N1c1ccc(F)cc1. The normalized spacial score (nSPS) is 19.1. The number of benzene rings is 1. The molecular formula is C12H12FNO2S2. The van der Waals surface area contributed by atoms with E-state index in [2.05, 4.69) is 4.74 Å². The van der Waals surface area contributed by atoms with Gasteiger partial charge >= 0.3 is 5.97 Å². The van der Waals surface area contributed by atoms with Crippen LogP contribution in [0.4, 0.5) is 10.1 Å². The molecule has 1 aromatic rings. The Balaban J connectivity index is 2.19. The van der Waals surface area contributed by atoms with Crippen LogP contribution < -0.4 is 4.90 Å². The summed E-state index contributed by atoms with van der Waals surface area (Å²) < 4.78 is 18.3. The molecule has 1 aliphatic rings. The van der Waals surface area contributed by atoms with Gasteiger partial charge in [-0.3, -0.25) is 4.79 Å². The van der Waals surface area contributed by atoms with Gasteiger partial charge in [0.1, 0.15) is 10.1 Å². The first-order valence-electron chi connectivity index (χ1n) is 5.40. The molecule has 1 saturated heterocycles. The number of esters is 1. The number of ether oxygens (including phenoxy) is 1. The Labute approximate surface area is 114 Å². The fourth-order valence-electron chi connectivity index (χ4n) is 1.80. The maximum Gasteiger partial charge on any atom is 0.307 e. The number of carbonyl (C=O) groups excluding carboxylic acids is 1. The van der Waals surface area contributed by atoms with Crippen molar-refractivity contribution < 1.29 is 13.9 Å². The summed E-state index contributed by atoms with van der Waals surface area (Å²) in [5.74, 6) is 0.184. The van der Waals surface area contributed by atoms with E-state index in [1.54, 1.807) is 12.1 Å². The number of halogens is 1. The van der Waals surface area contributed by atoms with Crippen LogP contribution in [0.2, 0.25) is 0 Å². The third-order valence-electron chi connectivity index (χ3n) is 2.70. The quantitative estimate of drug-likeness (QED) is 0.629. The summed E-state index contributed by atoms with van der Waals surface area (Å²) in [7, 11) is 1.37. The van der Waals surface area contributed by atoms with Gasteiger partial charge in [-0.25, -0.2) is 4.39 Å². The number of carbonyl (C=O) groups is 1. The van der Waals surface area contributed by atoms with Crippen LogP contribution >= 0.6 is 24.0 Å². The van der Waals surface area contributed by atoms with Gasteiger partial charge in [0.05, 0.1) is 19.6 Å². The third kappa shape index (κ3) is 2.81.